The number of carbonyl (C=O) groups is 2. The van der Waals surface area contributed by atoms with Gasteiger partial charge in [0.1, 0.15) is 6.04 Å². The van der Waals surface area contributed by atoms with Gasteiger partial charge in [0, 0.05) is 12.2 Å². The third kappa shape index (κ3) is 10.0. The van der Waals surface area contributed by atoms with Crippen LogP contribution in [0.15, 0.2) is 53.3 Å². The highest BCUT2D eigenvalue weighted by atomic mass is 32.1. The molecule has 3 unspecified atom stereocenters. The minimum atomic E-state index is -4.44. The fourth-order valence-electron chi connectivity index (χ4n) is 3.85. The van der Waals surface area contributed by atoms with Crippen molar-refractivity contribution in [3.8, 4) is 0 Å². The van der Waals surface area contributed by atoms with Gasteiger partial charge in [-0.1, -0.05) is 57.2 Å². The van der Waals surface area contributed by atoms with E-state index in [-0.39, 0.29) is 23.0 Å². The van der Waals surface area contributed by atoms with Crippen LogP contribution < -0.4 is 15.9 Å². The van der Waals surface area contributed by atoms with Crippen LogP contribution in [-0.4, -0.2) is 40.8 Å². The van der Waals surface area contributed by atoms with E-state index >= 15 is 0 Å². The first-order chi connectivity index (χ1) is 18.5. The van der Waals surface area contributed by atoms with Crippen molar-refractivity contribution in [3.05, 3.63) is 63.8 Å². The van der Waals surface area contributed by atoms with E-state index in [1.807, 2.05) is 38.1 Å². The highest BCUT2D eigenvalue weighted by molar-refractivity contribution is 7.16. The zero-order chi connectivity index (χ0) is 29.2. The number of amides is 2. The number of anilines is 1. The van der Waals surface area contributed by atoms with Gasteiger partial charge in [-0.25, -0.2) is 0 Å². The fourth-order valence-corrected chi connectivity index (χ4v) is 4.58. The van der Waals surface area contributed by atoms with E-state index in [9.17, 15) is 27.6 Å². The van der Waals surface area contributed by atoms with E-state index in [1.54, 1.807) is 0 Å². The predicted octanol–water partition coefficient (Wildman–Crippen LogP) is 5.87. The molecule has 3 atom stereocenters. The summed E-state index contributed by atoms with van der Waals surface area (Å²) in [4.78, 5) is 38.1. The lowest BCUT2D eigenvalue weighted by Crippen LogP contribution is -2.45. The second-order valence-corrected chi connectivity index (χ2v) is 10.3. The highest BCUT2D eigenvalue weighted by Gasteiger charge is 2.33. The fraction of sp³-hybridized carbons (Fsp3) is 0.464. The van der Waals surface area contributed by atoms with Crippen molar-refractivity contribution >= 4 is 39.1 Å². The van der Waals surface area contributed by atoms with Crippen LogP contribution in [-0.2, 0) is 15.8 Å². The van der Waals surface area contributed by atoms with E-state index < -0.39 is 23.7 Å². The second-order valence-electron chi connectivity index (χ2n) is 9.28. The van der Waals surface area contributed by atoms with Crippen LogP contribution in [0.4, 0.5) is 18.9 Å². The number of fused-ring (bicyclic) bond motifs is 1. The number of nitrogens with zero attached hydrogens (tertiary/aromatic N) is 1. The maximum atomic E-state index is 12.6. The molecule has 39 heavy (non-hydrogen) atoms. The van der Waals surface area contributed by atoms with Gasteiger partial charge >= 0.3 is 11.0 Å². The molecule has 2 amide bonds. The summed E-state index contributed by atoms with van der Waals surface area (Å²) < 4.78 is 38.8. The Morgan fingerprint density at radius 3 is 2.31 bits per heavy atom. The summed E-state index contributed by atoms with van der Waals surface area (Å²) in [7, 11) is 0. The number of nitrogens with one attached hydrogen (secondary N) is 2. The van der Waals surface area contributed by atoms with Gasteiger partial charge in [-0.2, -0.15) is 13.2 Å². The van der Waals surface area contributed by atoms with Crippen LogP contribution in [0.25, 0.3) is 10.2 Å². The third-order valence-corrected chi connectivity index (χ3v) is 7.24. The molecular weight excluding hydrogens is 529 g/mol. The number of para-hydroxylation sites is 1. The number of benzene rings is 2. The maximum Gasteiger partial charge on any atom is 0.416 e. The van der Waals surface area contributed by atoms with Crippen molar-refractivity contribution in [2.24, 2.45) is 17.6 Å². The van der Waals surface area contributed by atoms with Crippen molar-refractivity contribution < 1.29 is 22.8 Å². The van der Waals surface area contributed by atoms with E-state index in [4.69, 9.17) is 5.73 Å². The van der Waals surface area contributed by atoms with Gasteiger partial charge in [0.25, 0.3) is 0 Å². The maximum absolute atomic E-state index is 12.6. The Morgan fingerprint density at radius 1 is 1.10 bits per heavy atom. The lowest BCUT2D eigenvalue weighted by atomic mass is 10.2. The summed E-state index contributed by atoms with van der Waals surface area (Å²) in [6.45, 7) is 8.83. The molecule has 2 fully saturated rings. The molecule has 11 heteroatoms. The number of aromatic nitrogens is 1. The Bertz CT molecular complexity index is 1230. The van der Waals surface area contributed by atoms with Gasteiger partial charge in [0.15, 0.2) is 0 Å². The zero-order valence-electron chi connectivity index (χ0n) is 22.7. The molecule has 4 N–H and O–H groups in total. The minimum Gasteiger partial charge on any atom is -0.376 e. The molecule has 5 rings (SSSR count). The standard InChI is InChI=1S/C14H16F3N3O2.C7H5NOS.C5H10.C2H6/c15-14(16,17)9-3-1-4-10(7-9)19-8-12(21)20-6-2-5-11(20)13(18)22;9-7-8-5-3-1-2-4-6(5)10-7;1-4-3-5(4)2;1-2/h1,3-4,7,11,19H,2,5-6,8H2,(H2,18,22);1-4H,(H,8,9);4-5H,3H2,1-2H3;1-2H3. The Kier molecular flexibility index (Phi) is 12.0. The molecular formula is C28H37F3N4O3S. The number of alkyl halides is 3. The summed E-state index contributed by atoms with van der Waals surface area (Å²) in [5, 5.41) is 2.65. The number of nitrogens with two attached hydrogens (primary N) is 1. The molecule has 2 heterocycles. The number of halogens is 3. The number of primary amides is 1. The molecule has 0 bridgehead atoms. The number of aromatic amines is 1. The second kappa shape index (κ2) is 14.7. The average molecular weight is 567 g/mol. The van der Waals surface area contributed by atoms with Gasteiger partial charge in [0.2, 0.25) is 11.8 Å². The molecule has 3 aromatic rings. The van der Waals surface area contributed by atoms with Gasteiger partial charge in [-0.15, -0.1) is 0 Å². The Hall–Kier alpha value is -3.34. The predicted molar refractivity (Wildman–Crippen MR) is 151 cm³/mol. The first-order valence-corrected chi connectivity index (χ1v) is 13.8. The normalized spacial score (nSPS) is 19.5. The Morgan fingerprint density at radius 2 is 1.74 bits per heavy atom. The van der Waals surface area contributed by atoms with E-state index in [0.717, 1.165) is 34.2 Å². The molecule has 2 aromatic carbocycles. The van der Waals surface area contributed by atoms with E-state index in [0.29, 0.717) is 19.4 Å². The summed E-state index contributed by atoms with van der Waals surface area (Å²) in [6.07, 6.45) is -1.76. The average Bonchev–Trinajstić information content (AvgIpc) is 3.28. The molecule has 214 valence electrons. The summed E-state index contributed by atoms with van der Waals surface area (Å²) >= 11 is 1.24. The van der Waals surface area contributed by atoms with Gasteiger partial charge in [-0.05, 0) is 61.4 Å². The number of thiazole rings is 1. The number of H-pyrrole nitrogens is 1. The minimum absolute atomic E-state index is 0.0150. The van der Waals surface area contributed by atoms with Crippen molar-refractivity contribution in [1.29, 1.82) is 0 Å². The van der Waals surface area contributed by atoms with Crippen molar-refractivity contribution in [1.82, 2.24) is 9.88 Å². The number of hydrogen-bond acceptors (Lipinski definition) is 5. The lowest BCUT2D eigenvalue weighted by Gasteiger charge is -2.22. The van der Waals surface area contributed by atoms with E-state index in [1.165, 1.54) is 34.8 Å². The van der Waals surface area contributed by atoms with Crippen LogP contribution in [0.2, 0.25) is 0 Å². The third-order valence-electron chi connectivity index (χ3n) is 6.37. The molecule has 1 saturated heterocycles. The topological polar surface area (TPSA) is 108 Å². The highest BCUT2D eigenvalue weighted by Crippen LogP contribution is 2.36. The van der Waals surface area contributed by atoms with Crippen LogP contribution in [0.5, 0.6) is 0 Å². The largest absolute Gasteiger partial charge is 0.416 e. The van der Waals surface area contributed by atoms with Crippen molar-refractivity contribution in [3.63, 3.8) is 0 Å². The molecule has 1 aliphatic carbocycles. The molecule has 1 aromatic heterocycles. The van der Waals surface area contributed by atoms with Crippen molar-refractivity contribution in [2.75, 3.05) is 18.4 Å². The van der Waals surface area contributed by atoms with Gasteiger partial charge < -0.3 is 20.9 Å². The molecule has 1 saturated carbocycles. The molecule has 0 spiro atoms. The molecule has 2 aliphatic rings. The lowest BCUT2D eigenvalue weighted by molar-refractivity contribution is -0.137. The van der Waals surface area contributed by atoms with Gasteiger partial charge in [-0.3, -0.25) is 14.4 Å². The summed E-state index contributed by atoms with van der Waals surface area (Å²) in [5.41, 5.74) is 5.55. The number of carbonyl (C=O) groups excluding carboxylic acids is 2. The van der Waals surface area contributed by atoms with Crippen LogP contribution in [0.1, 0.15) is 52.5 Å². The number of likely N-dealkylation sites (tertiary alicyclic amines) is 1. The molecule has 7 nitrogen and oxygen atoms in total. The molecule has 1 aliphatic heterocycles. The number of rotatable bonds is 4. The first kappa shape index (κ1) is 31.9. The Balaban J connectivity index is 0.000000254. The summed E-state index contributed by atoms with van der Waals surface area (Å²) in [5.74, 6) is 1.17. The Labute approximate surface area is 230 Å². The van der Waals surface area contributed by atoms with Crippen LogP contribution in [0, 0.1) is 11.8 Å². The SMILES string of the molecule is CC.CC1CC1C.NC(=O)C1CCCN1C(=O)CNc1cccc(C(F)(F)F)c1.O=c1[nH]c2ccccc2s1. The van der Waals surface area contributed by atoms with Crippen LogP contribution in [0.3, 0.4) is 0 Å². The number of hydrogen-bond donors (Lipinski definition) is 3. The smallest absolute Gasteiger partial charge is 0.376 e. The zero-order valence-corrected chi connectivity index (χ0v) is 23.5. The monoisotopic (exact) mass is 566 g/mol. The quantitative estimate of drug-likeness (QED) is 0.367. The van der Waals surface area contributed by atoms with Crippen LogP contribution >= 0.6 is 11.3 Å². The summed E-state index contributed by atoms with van der Waals surface area (Å²) in [6, 6.07) is 11.6. The molecule has 0 radical (unpaired) electrons. The first-order valence-electron chi connectivity index (χ1n) is 13.0. The van der Waals surface area contributed by atoms with E-state index in [2.05, 4.69) is 24.1 Å². The van der Waals surface area contributed by atoms with Crippen molar-refractivity contribution in [2.45, 2.75) is 59.2 Å². The van der Waals surface area contributed by atoms with Gasteiger partial charge in [0.05, 0.1) is 22.3 Å².